The Morgan fingerprint density at radius 3 is 2.92 bits per heavy atom. The molecule has 1 rings (SSSR count). The highest BCUT2D eigenvalue weighted by atomic mass is 32.2. The summed E-state index contributed by atoms with van der Waals surface area (Å²) in [6.45, 7) is 0. The molecule has 0 amide bonds. The Balaban J connectivity index is 2.61. The van der Waals surface area contributed by atoms with Gasteiger partial charge < -0.3 is 5.11 Å². The maximum Gasteiger partial charge on any atom is 0.303 e. The first-order valence-electron chi connectivity index (χ1n) is 4.07. The highest BCUT2D eigenvalue weighted by molar-refractivity contribution is 7.98. The Morgan fingerprint density at radius 1 is 1.54 bits per heavy atom. The van der Waals surface area contributed by atoms with Crippen LogP contribution in [0.2, 0.25) is 0 Å². The second-order valence-electron chi connectivity index (χ2n) is 2.75. The van der Waals surface area contributed by atoms with E-state index in [2.05, 4.69) is 0 Å². The molecule has 0 atom stereocenters. The lowest BCUT2D eigenvalue weighted by Crippen LogP contribution is -1.97. The predicted molar refractivity (Wildman–Crippen MR) is 54.2 cm³/mol. The zero-order valence-electron chi connectivity index (χ0n) is 7.49. The molecule has 0 aliphatic carbocycles. The first kappa shape index (κ1) is 10.1. The molecule has 1 aromatic rings. The van der Waals surface area contributed by atoms with Crippen molar-refractivity contribution in [2.24, 2.45) is 0 Å². The van der Waals surface area contributed by atoms with Gasteiger partial charge in [-0.3, -0.25) is 4.79 Å². The smallest absolute Gasteiger partial charge is 0.303 e. The summed E-state index contributed by atoms with van der Waals surface area (Å²) < 4.78 is 0. The minimum atomic E-state index is -0.741. The van der Waals surface area contributed by atoms with E-state index < -0.39 is 5.97 Å². The minimum absolute atomic E-state index is 0.206. The van der Waals surface area contributed by atoms with Crippen molar-refractivity contribution in [3.05, 3.63) is 29.8 Å². The highest BCUT2D eigenvalue weighted by Gasteiger charge is 1.99. The molecule has 3 heteroatoms. The Bertz CT molecular complexity index is 297. The van der Waals surface area contributed by atoms with Gasteiger partial charge in [0.05, 0.1) is 0 Å². The second kappa shape index (κ2) is 4.92. The van der Waals surface area contributed by atoms with Crippen LogP contribution in [0.3, 0.4) is 0 Å². The van der Waals surface area contributed by atoms with Crippen LogP contribution in [0.1, 0.15) is 12.0 Å². The molecule has 1 N–H and O–H groups in total. The molecule has 2 nitrogen and oxygen atoms in total. The van der Waals surface area contributed by atoms with Crippen LogP contribution in [-0.2, 0) is 11.2 Å². The van der Waals surface area contributed by atoms with Gasteiger partial charge in [0.25, 0.3) is 0 Å². The van der Waals surface area contributed by atoms with E-state index in [1.165, 1.54) is 4.90 Å². The molecular weight excluding hydrogens is 184 g/mol. The van der Waals surface area contributed by atoms with E-state index in [0.29, 0.717) is 6.42 Å². The van der Waals surface area contributed by atoms with Crippen molar-refractivity contribution in [3.63, 3.8) is 0 Å². The van der Waals surface area contributed by atoms with Gasteiger partial charge in [-0.15, -0.1) is 11.8 Å². The number of aryl methyl sites for hydroxylation is 1. The summed E-state index contributed by atoms with van der Waals surface area (Å²) in [5.41, 5.74) is 1.09. The zero-order chi connectivity index (χ0) is 9.68. The maximum atomic E-state index is 10.3. The zero-order valence-corrected chi connectivity index (χ0v) is 8.30. The van der Waals surface area contributed by atoms with Crippen LogP contribution in [0, 0.1) is 0 Å². The topological polar surface area (TPSA) is 37.3 Å². The standard InChI is InChI=1S/C10H12O2S/c1-13-9-4-2-3-8(7-9)5-6-10(11)12/h2-4,7H,5-6H2,1H3,(H,11,12). The van der Waals surface area contributed by atoms with Crippen LogP contribution < -0.4 is 0 Å². The molecule has 0 saturated carbocycles. The Hall–Kier alpha value is -0.960. The fourth-order valence-corrected chi connectivity index (χ4v) is 1.56. The molecule has 0 bridgehead atoms. The van der Waals surface area contributed by atoms with Crippen LogP contribution >= 0.6 is 11.8 Å². The Morgan fingerprint density at radius 2 is 2.31 bits per heavy atom. The van der Waals surface area contributed by atoms with Crippen molar-refractivity contribution < 1.29 is 9.90 Å². The third kappa shape index (κ3) is 3.51. The maximum absolute atomic E-state index is 10.3. The van der Waals surface area contributed by atoms with E-state index in [-0.39, 0.29) is 6.42 Å². The Kier molecular flexibility index (Phi) is 3.83. The van der Waals surface area contributed by atoms with Gasteiger partial charge in [0.1, 0.15) is 0 Å². The molecule has 0 unspecified atom stereocenters. The van der Waals surface area contributed by atoms with Crippen molar-refractivity contribution in [1.29, 1.82) is 0 Å². The highest BCUT2D eigenvalue weighted by Crippen LogP contribution is 2.16. The summed E-state index contributed by atoms with van der Waals surface area (Å²) in [7, 11) is 0. The lowest BCUT2D eigenvalue weighted by molar-refractivity contribution is -0.136. The molecule has 0 aromatic heterocycles. The van der Waals surface area contributed by atoms with Crippen LogP contribution in [0.5, 0.6) is 0 Å². The van der Waals surface area contributed by atoms with E-state index in [0.717, 1.165) is 5.56 Å². The molecule has 0 heterocycles. The van der Waals surface area contributed by atoms with Gasteiger partial charge in [0.15, 0.2) is 0 Å². The van der Waals surface area contributed by atoms with E-state index in [4.69, 9.17) is 5.11 Å². The number of rotatable bonds is 4. The Labute approximate surface area is 82.0 Å². The van der Waals surface area contributed by atoms with Gasteiger partial charge in [-0.1, -0.05) is 12.1 Å². The normalized spacial score (nSPS) is 9.92. The predicted octanol–water partition coefficient (Wildman–Crippen LogP) is 2.43. The van der Waals surface area contributed by atoms with Crippen molar-refractivity contribution in [1.82, 2.24) is 0 Å². The van der Waals surface area contributed by atoms with E-state index in [1.807, 2.05) is 30.5 Å². The van der Waals surface area contributed by atoms with Gasteiger partial charge in [-0.2, -0.15) is 0 Å². The van der Waals surface area contributed by atoms with Gasteiger partial charge in [-0.25, -0.2) is 0 Å². The fourth-order valence-electron chi connectivity index (χ4n) is 1.08. The van der Waals surface area contributed by atoms with Gasteiger partial charge in [0, 0.05) is 11.3 Å². The van der Waals surface area contributed by atoms with Gasteiger partial charge in [-0.05, 0) is 30.4 Å². The molecule has 0 saturated heterocycles. The third-order valence-electron chi connectivity index (χ3n) is 1.76. The van der Waals surface area contributed by atoms with E-state index >= 15 is 0 Å². The SMILES string of the molecule is CSc1cccc(CCC(=O)O)c1. The number of carbonyl (C=O) groups is 1. The van der Waals surface area contributed by atoms with Crippen LogP contribution in [0.4, 0.5) is 0 Å². The van der Waals surface area contributed by atoms with Crippen molar-refractivity contribution >= 4 is 17.7 Å². The van der Waals surface area contributed by atoms with Crippen molar-refractivity contribution in [2.75, 3.05) is 6.26 Å². The minimum Gasteiger partial charge on any atom is -0.481 e. The summed E-state index contributed by atoms with van der Waals surface area (Å²) >= 11 is 1.67. The van der Waals surface area contributed by atoms with Crippen LogP contribution in [0.15, 0.2) is 29.2 Å². The lowest BCUT2D eigenvalue weighted by atomic mass is 10.1. The molecule has 0 spiro atoms. The number of aliphatic carboxylic acids is 1. The number of thioether (sulfide) groups is 1. The molecule has 0 aliphatic rings. The molecule has 0 fully saturated rings. The molecule has 0 aliphatic heterocycles. The average molecular weight is 196 g/mol. The second-order valence-corrected chi connectivity index (χ2v) is 3.62. The van der Waals surface area contributed by atoms with E-state index in [1.54, 1.807) is 11.8 Å². The van der Waals surface area contributed by atoms with Crippen molar-refractivity contribution in [2.45, 2.75) is 17.7 Å². The quantitative estimate of drug-likeness (QED) is 0.751. The molecule has 70 valence electrons. The lowest BCUT2D eigenvalue weighted by Gasteiger charge is -2.00. The summed E-state index contributed by atoms with van der Waals surface area (Å²) in [6.07, 6.45) is 2.83. The molecular formula is C10H12O2S. The first-order chi connectivity index (χ1) is 6.22. The fraction of sp³-hybridized carbons (Fsp3) is 0.300. The number of hydrogen-bond acceptors (Lipinski definition) is 2. The number of carboxylic acid groups (broad SMARTS) is 1. The summed E-state index contributed by atoms with van der Waals surface area (Å²) in [4.78, 5) is 11.5. The molecule has 1 aromatic carbocycles. The largest absolute Gasteiger partial charge is 0.481 e. The molecule has 0 radical (unpaired) electrons. The summed E-state index contributed by atoms with van der Waals surface area (Å²) in [5.74, 6) is -0.741. The molecule has 13 heavy (non-hydrogen) atoms. The van der Waals surface area contributed by atoms with Gasteiger partial charge in [0.2, 0.25) is 0 Å². The van der Waals surface area contributed by atoms with Crippen LogP contribution in [0.25, 0.3) is 0 Å². The summed E-state index contributed by atoms with van der Waals surface area (Å²) in [5, 5.41) is 8.50. The number of benzene rings is 1. The van der Waals surface area contributed by atoms with Crippen LogP contribution in [-0.4, -0.2) is 17.3 Å². The summed E-state index contributed by atoms with van der Waals surface area (Å²) in [6, 6.07) is 7.98. The average Bonchev–Trinajstić information content (AvgIpc) is 2.15. The first-order valence-corrected chi connectivity index (χ1v) is 5.29. The number of carboxylic acids is 1. The monoisotopic (exact) mass is 196 g/mol. The third-order valence-corrected chi connectivity index (χ3v) is 2.49. The number of hydrogen-bond donors (Lipinski definition) is 1. The van der Waals surface area contributed by atoms with Gasteiger partial charge >= 0.3 is 5.97 Å². The van der Waals surface area contributed by atoms with Crippen molar-refractivity contribution in [3.8, 4) is 0 Å². The van der Waals surface area contributed by atoms with E-state index in [9.17, 15) is 4.79 Å².